The van der Waals surface area contributed by atoms with Crippen molar-refractivity contribution in [3.05, 3.63) is 70.8 Å². The monoisotopic (exact) mass is 312 g/mol. The minimum absolute atomic E-state index is 0.280. The topological polar surface area (TPSA) is 63.4 Å². The lowest BCUT2D eigenvalue weighted by Crippen LogP contribution is -2.48. The Bertz CT molecular complexity index is 771. The van der Waals surface area contributed by atoms with Crippen molar-refractivity contribution in [3.8, 4) is 0 Å². The fraction of sp³-hybridized carbons (Fsp3) is 0.0588. The van der Waals surface area contributed by atoms with E-state index in [1.165, 1.54) is 4.90 Å². The normalized spacial score (nSPS) is 16.2. The lowest BCUT2D eigenvalue weighted by atomic mass is 10.0. The molecule has 5 heteroatoms. The number of carbonyl (C=O) groups excluding carboxylic acids is 2. The number of rotatable bonds is 2. The van der Waals surface area contributed by atoms with Crippen molar-refractivity contribution in [1.82, 2.24) is 0 Å². The van der Waals surface area contributed by atoms with E-state index in [-0.39, 0.29) is 5.91 Å². The summed E-state index contributed by atoms with van der Waals surface area (Å²) in [7, 11) is 0. The third-order valence-electron chi connectivity index (χ3n) is 3.52. The van der Waals surface area contributed by atoms with Gasteiger partial charge in [-0.3, -0.25) is 14.5 Å². The van der Waals surface area contributed by atoms with Crippen LogP contribution in [0.5, 0.6) is 0 Å². The molecule has 3 rings (SSSR count). The van der Waals surface area contributed by atoms with Gasteiger partial charge in [0.1, 0.15) is 6.04 Å². The first kappa shape index (κ1) is 14.4. The maximum atomic E-state index is 12.8. The highest BCUT2D eigenvalue weighted by Crippen LogP contribution is 2.32. The average Bonchev–Trinajstić information content (AvgIpc) is 2.53. The number of halogens is 1. The van der Waals surface area contributed by atoms with Gasteiger partial charge in [-0.15, -0.1) is 0 Å². The summed E-state index contributed by atoms with van der Waals surface area (Å²) in [6, 6.07) is 13.1. The molecule has 2 N–H and O–H groups in total. The van der Waals surface area contributed by atoms with Gasteiger partial charge < -0.3 is 5.73 Å². The third-order valence-corrected chi connectivity index (χ3v) is 3.75. The molecule has 0 spiro atoms. The molecule has 0 saturated heterocycles. The van der Waals surface area contributed by atoms with Gasteiger partial charge in [0.05, 0.1) is 5.69 Å². The van der Waals surface area contributed by atoms with Crippen LogP contribution >= 0.6 is 11.6 Å². The van der Waals surface area contributed by atoms with Crippen LogP contribution in [0, 0.1) is 0 Å². The number of amides is 2. The van der Waals surface area contributed by atoms with E-state index in [0.29, 0.717) is 16.3 Å². The van der Waals surface area contributed by atoms with E-state index >= 15 is 0 Å². The van der Waals surface area contributed by atoms with Gasteiger partial charge in [-0.25, -0.2) is 0 Å². The zero-order valence-corrected chi connectivity index (χ0v) is 12.3. The third kappa shape index (κ3) is 2.49. The van der Waals surface area contributed by atoms with E-state index in [2.05, 4.69) is 0 Å². The Morgan fingerprint density at radius 1 is 1.09 bits per heavy atom. The predicted molar refractivity (Wildman–Crippen MR) is 86.7 cm³/mol. The standard InChI is InChI=1S/C17H13ClN2O2/c18-13-7-9-14-12(10-13)6-8-15(16(19)21)20(14)17(22)11-4-2-1-3-5-11/h1-10,15H,(H2,19,21). The molecule has 4 nitrogen and oxygen atoms in total. The van der Waals surface area contributed by atoms with E-state index in [0.717, 1.165) is 5.56 Å². The molecule has 110 valence electrons. The maximum Gasteiger partial charge on any atom is 0.259 e. The second-order valence-electron chi connectivity index (χ2n) is 4.95. The van der Waals surface area contributed by atoms with Crippen LogP contribution in [0.15, 0.2) is 54.6 Å². The Hall–Kier alpha value is -2.59. The molecule has 1 heterocycles. The van der Waals surface area contributed by atoms with Crippen LogP contribution in [0.3, 0.4) is 0 Å². The van der Waals surface area contributed by atoms with Crippen LogP contribution in [0.25, 0.3) is 6.08 Å². The molecule has 22 heavy (non-hydrogen) atoms. The number of benzene rings is 2. The van der Waals surface area contributed by atoms with Crippen molar-refractivity contribution in [2.75, 3.05) is 4.90 Å². The van der Waals surface area contributed by atoms with E-state index in [1.807, 2.05) is 6.07 Å². The van der Waals surface area contributed by atoms with E-state index in [9.17, 15) is 9.59 Å². The van der Waals surface area contributed by atoms with Crippen LogP contribution in [0.2, 0.25) is 5.02 Å². The first-order chi connectivity index (χ1) is 10.6. The molecular weight excluding hydrogens is 300 g/mol. The Balaban J connectivity index is 2.11. The highest BCUT2D eigenvalue weighted by molar-refractivity contribution is 6.31. The second-order valence-corrected chi connectivity index (χ2v) is 5.39. The quantitative estimate of drug-likeness (QED) is 0.926. The molecule has 2 amide bonds. The largest absolute Gasteiger partial charge is 0.368 e. The molecule has 0 aliphatic carbocycles. The smallest absolute Gasteiger partial charge is 0.259 e. The minimum Gasteiger partial charge on any atom is -0.368 e. The predicted octanol–water partition coefficient (Wildman–Crippen LogP) is 2.87. The molecule has 0 radical (unpaired) electrons. The van der Waals surface area contributed by atoms with Gasteiger partial charge in [0.25, 0.3) is 5.91 Å². The summed E-state index contributed by atoms with van der Waals surface area (Å²) in [4.78, 5) is 25.9. The molecule has 1 unspecified atom stereocenters. The van der Waals surface area contributed by atoms with Gasteiger partial charge in [0.2, 0.25) is 5.91 Å². The summed E-state index contributed by atoms with van der Waals surface area (Å²) in [5, 5.41) is 0.563. The van der Waals surface area contributed by atoms with Crippen LogP contribution in [-0.4, -0.2) is 17.9 Å². The molecule has 0 saturated carbocycles. The fourth-order valence-corrected chi connectivity index (χ4v) is 2.67. The van der Waals surface area contributed by atoms with Crippen LogP contribution in [0.1, 0.15) is 15.9 Å². The summed E-state index contributed by atoms with van der Waals surface area (Å²) in [5.41, 5.74) is 7.33. The summed E-state index contributed by atoms with van der Waals surface area (Å²) in [6.07, 6.45) is 3.37. The van der Waals surface area contributed by atoms with Crippen LogP contribution < -0.4 is 10.6 Å². The number of anilines is 1. The molecule has 1 atom stereocenters. The summed E-state index contributed by atoms with van der Waals surface area (Å²) in [6.45, 7) is 0. The van der Waals surface area contributed by atoms with Crippen LogP contribution in [0.4, 0.5) is 5.69 Å². The zero-order valence-electron chi connectivity index (χ0n) is 11.6. The maximum absolute atomic E-state index is 12.8. The summed E-state index contributed by atoms with van der Waals surface area (Å²) >= 11 is 5.99. The van der Waals surface area contributed by atoms with Gasteiger partial charge in [0.15, 0.2) is 0 Å². The van der Waals surface area contributed by atoms with Crippen molar-refractivity contribution < 1.29 is 9.59 Å². The number of hydrogen-bond acceptors (Lipinski definition) is 2. The van der Waals surface area contributed by atoms with Gasteiger partial charge in [-0.2, -0.15) is 0 Å². The molecule has 0 fully saturated rings. The van der Waals surface area contributed by atoms with Crippen molar-refractivity contribution >= 4 is 35.2 Å². The molecule has 1 aliphatic heterocycles. The van der Waals surface area contributed by atoms with Gasteiger partial charge in [0, 0.05) is 10.6 Å². The van der Waals surface area contributed by atoms with Gasteiger partial charge in [-0.1, -0.05) is 42.0 Å². The van der Waals surface area contributed by atoms with Crippen molar-refractivity contribution in [3.63, 3.8) is 0 Å². The van der Waals surface area contributed by atoms with Gasteiger partial charge in [-0.05, 0) is 35.9 Å². The summed E-state index contributed by atoms with van der Waals surface area (Å²) in [5.74, 6) is -0.863. The molecule has 1 aliphatic rings. The SMILES string of the molecule is NC(=O)C1C=Cc2cc(Cl)ccc2N1C(=O)c1ccccc1. The highest BCUT2D eigenvalue weighted by atomic mass is 35.5. The first-order valence-corrected chi connectivity index (χ1v) is 7.11. The Kier molecular flexibility index (Phi) is 3.69. The Morgan fingerprint density at radius 2 is 1.82 bits per heavy atom. The lowest BCUT2D eigenvalue weighted by molar-refractivity contribution is -0.118. The number of hydrogen-bond donors (Lipinski definition) is 1. The Morgan fingerprint density at radius 3 is 2.50 bits per heavy atom. The lowest BCUT2D eigenvalue weighted by Gasteiger charge is -2.32. The highest BCUT2D eigenvalue weighted by Gasteiger charge is 2.32. The number of primary amides is 1. The van der Waals surface area contributed by atoms with E-state index in [1.54, 1.807) is 54.6 Å². The first-order valence-electron chi connectivity index (χ1n) is 6.73. The average molecular weight is 313 g/mol. The number of nitrogens with zero attached hydrogens (tertiary/aromatic N) is 1. The Labute approximate surface area is 132 Å². The van der Waals surface area contributed by atoms with E-state index < -0.39 is 11.9 Å². The zero-order chi connectivity index (χ0) is 15.7. The molecule has 0 bridgehead atoms. The minimum atomic E-state index is -0.818. The van der Waals surface area contributed by atoms with Crippen molar-refractivity contribution in [2.24, 2.45) is 5.73 Å². The fourth-order valence-electron chi connectivity index (χ4n) is 2.49. The van der Waals surface area contributed by atoms with Crippen molar-refractivity contribution in [2.45, 2.75) is 6.04 Å². The number of carbonyl (C=O) groups is 2. The van der Waals surface area contributed by atoms with E-state index in [4.69, 9.17) is 17.3 Å². The molecule has 2 aromatic carbocycles. The molecular formula is C17H13ClN2O2. The number of fused-ring (bicyclic) bond motifs is 1. The van der Waals surface area contributed by atoms with Crippen LogP contribution in [-0.2, 0) is 4.79 Å². The van der Waals surface area contributed by atoms with Crippen molar-refractivity contribution in [1.29, 1.82) is 0 Å². The van der Waals surface area contributed by atoms with Gasteiger partial charge >= 0.3 is 0 Å². The second kappa shape index (κ2) is 5.66. The molecule has 0 aromatic heterocycles. The summed E-state index contributed by atoms with van der Waals surface area (Å²) < 4.78 is 0. The molecule has 2 aromatic rings. The number of nitrogens with two attached hydrogens (primary N) is 1.